The molecule has 19 heavy (non-hydrogen) atoms. The van der Waals surface area contributed by atoms with Crippen molar-refractivity contribution in [3.63, 3.8) is 0 Å². The van der Waals surface area contributed by atoms with Crippen molar-refractivity contribution < 1.29 is 24.2 Å². The molecule has 2 unspecified atom stereocenters. The number of hydrogen-bond acceptors (Lipinski definition) is 4. The van der Waals surface area contributed by atoms with Crippen molar-refractivity contribution in [2.75, 3.05) is 19.8 Å². The Morgan fingerprint density at radius 3 is 2.68 bits per heavy atom. The summed E-state index contributed by atoms with van der Waals surface area (Å²) >= 11 is 0. The fourth-order valence-corrected chi connectivity index (χ4v) is 1.96. The number of rotatable bonds is 4. The highest BCUT2D eigenvalue weighted by atomic mass is 16.5. The molecule has 108 valence electrons. The van der Waals surface area contributed by atoms with Gasteiger partial charge < -0.3 is 14.7 Å². The van der Waals surface area contributed by atoms with Crippen LogP contribution >= 0.6 is 0 Å². The van der Waals surface area contributed by atoms with E-state index in [-0.39, 0.29) is 24.8 Å². The summed E-state index contributed by atoms with van der Waals surface area (Å²) in [7, 11) is 0. The molecule has 0 aromatic carbocycles. The van der Waals surface area contributed by atoms with Gasteiger partial charge in [-0.2, -0.15) is 0 Å². The number of carboxylic acid groups (broad SMARTS) is 1. The third-order valence-electron chi connectivity index (χ3n) is 2.93. The van der Waals surface area contributed by atoms with Crippen molar-refractivity contribution >= 4 is 17.9 Å². The van der Waals surface area contributed by atoms with Gasteiger partial charge in [-0.25, -0.2) is 4.79 Å². The third kappa shape index (κ3) is 5.25. The van der Waals surface area contributed by atoms with Crippen molar-refractivity contribution in [2.24, 2.45) is 5.92 Å². The molecule has 0 aromatic rings. The van der Waals surface area contributed by atoms with E-state index in [9.17, 15) is 14.4 Å². The maximum absolute atomic E-state index is 11.8. The average molecular weight is 272 g/mol. The first-order valence-electron chi connectivity index (χ1n) is 6.30. The van der Waals surface area contributed by atoms with Gasteiger partial charge in [0.15, 0.2) is 0 Å². The molecule has 0 bridgehead atoms. The van der Waals surface area contributed by atoms with Crippen LogP contribution in [0, 0.1) is 5.92 Å². The number of imide groups is 1. The quantitative estimate of drug-likeness (QED) is 0.774. The van der Waals surface area contributed by atoms with Gasteiger partial charge in [-0.05, 0) is 12.8 Å². The van der Waals surface area contributed by atoms with E-state index in [0.717, 1.165) is 0 Å². The molecule has 1 fully saturated rings. The van der Waals surface area contributed by atoms with E-state index in [4.69, 9.17) is 9.84 Å². The second-order valence-corrected chi connectivity index (χ2v) is 4.88. The fourth-order valence-electron chi connectivity index (χ4n) is 1.96. The molecule has 1 heterocycles. The van der Waals surface area contributed by atoms with E-state index in [1.54, 1.807) is 11.8 Å². The van der Waals surface area contributed by atoms with Crippen LogP contribution in [0.4, 0.5) is 4.79 Å². The fraction of sp³-hybridized carbons (Fsp3) is 0.750. The maximum atomic E-state index is 11.8. The van der Waals surface area contributed by atoms with E-state index in [0.29, 0.717) is 19.8 Å². The van der Waals surface area contributed by atoms with Crippen LogP contribution in [0.2, 0.25) is 0 Å². The minimum absolute atomic E-state index is 0.0246. The molecule has 0 aromatic heterocycles. The molecule has 1 saturated heterocycles. The second kappa shape index (κ2) is 7.08. The van der Waals surface area contributed by atoms with E-state index in [2.05, 4.69) is 5.32 Å². The van der Waals surface area contributed by atoms with Gasteiger partial charge in [-0.1, -0.05) is 6.92 Å². The Kier molecular flexibility index (Phi) is 5.75. The summed E-state index contributed by atoms with van der Waals surface area (Å²) in [6.45, 7) is 4.87. The first kappa shape index (κ1) is 15.4. The van der Waals surface area contributed by atoms with Gasteiger partial charge in [0.05, 0.1) is 19.3 Å². The average Bonchev–Trinajstić information content (AvgIpc) is 2.27. The van der Waals surface area contributed by atoms with Crippen LogP contribution in [0.25, 0.3) is 0 Å². The summed E-state index contributed by atoms with van der Waals surface area (Å²) in [6, 6.07) is -0.513. The molecule has 0 spiro atoms. The summed E-state index contributed by atoms with van der Waals surface area (Å²) < 4.78 is 5.20. The monoisotopic (exact) mass is 272 g/mol. The molecule has 1 rings (SSSR count). The first-order chi connectivity index (χ1) is 8.90. The minimum atomic E-state index is -0.951. The zero-order valence-corrected chi connectivity index (χ0v) is 11.2. The van der Waals surface area contributed by atoms with Crippen LogP contribution in [0.1, 0.15) is 26.7 Å². The molecule has 3 amide bonds. The number of hydrogen-bond donors (Lipinski definition) is 2. The Bertz CT molecular complexity index is 358. The summed E-state index contributed by atoms with van der Waals surface area (Å²) in [5, 5.41) is 10.9. The molecule has 0 saturated carbocycles. The molecule has 2 atom stereocenters. The molecular formula is C12H20N2O5. The summed E-state index contributed by atoms with van der Waals surface area (Å²) in [5.74, 6) is -1.70. The molecule has 0 aliphatic carbocycles. The van der Waals surface area contributed by atoms with Crippen LogP contribution < -0.4 is 5.32 Å². The predicted molar refractivity (Wildman–Crippen MR) is 66.6 cm³/mol. The lowest BCUT2D eigenvalue weighted by Gasteiger charge is -2.33. The summed E-state index contributed by atoms with van der Waals surface area (Å²) in [4.78, 5) is 35.5. The molecule has 1 aliphatic rings. The highest BCUT2D eigenvalue weighted by Gasteiger charge is 2.25. The molecule has 2 N–H and O–H groups in total. The van der Waals surface area contributed by atoms with Crippen LogP contribution in [-0.2, 0) is 14.3 Å². The summed E-state index contributed by atoms with van der Waals surface area (Å²) in [5.41, 5.74) is 0. The number of carboxylic acids is 1. The Balaban J connectivity index is 2.38. The normalized spacial score (nSPS) is 20.7. The maximum Gasteiger partial charge on any atom is 0.324 e. The molecular weight excluding hydrogens is 252 g/mol. The highest BCUT2D eigenvalue weighted by Crippen LogP contribution is 2.09. The van der Waals surface area contributed by atoms with Crippen LogP contribution in [0.3, 0.4) is 0 Å². The zero-order valence-electron chi connectivity index (χ0n) is 11.2. The Morgan fingerprint density at radius 2 is 2.11 bits per heavy atom. The van der Waals surface area contributed by atoms with E-state index in [1.165, 1.54) is 0 Å². The van der Waals surface area contributed by atoms with Crippen molar-refractivity contribution in [3.8, 4) is 0 Å². The number of carbonyl (C=O) groups excluding carboxylic acids is 2. The van der Waals surface area contributed by atoms with Gasteiger partial charge in [0.1, 0.15) is 0 Å². The van der Waals surface area contributed by atoms with Crippen molar-refractivity contribution in [1.82, 2.24) is 10.2 Å². The van der Waals surface area contributed by atoms with Crippen molar-refractivity contribution in [2.45, 2.75) is 32.7 Å². The lowest BCUT2D eigenvalue weighted by Crippen LogP contribution is -2.52. The number of urea groups is 1. The van der Waals surface area contributed by atoms with Gasteiger partial charge >= 0.3 is 12.0 Å². The van der Waals surface area contributed by atoms with Gasteiger partial charge in [0, 0.05) is 19.4 Å². The number of amides is 3. The zero-order chi connectivity index (χ0) is 14.4. The van der Waals surface area contributed by atoms with Gasteiger partial charge in [0.25, 0.3) is 0 Å². The number of aliphatic carboxylic acids is 1. The second-order valence-electron chi connectivity index (χ2n) is 4.88. The van der Waals surface area contributed by atoms with Crippen LogP contribution in [0.15, 0.2) is 0 Å². The Morgan fingerprint density at radius 1 is 1.42 bits per heavy atom. The third-order valence-corrected chi connectivity index (χ3v) is 2.93. The van der Waals surface area contributed by atoms with E-state index < -0.39 is 17.9 Å². The van der Waals surface area contributed by atoms with Gasteiger partial charge in [-0.3, -0.25) is 14.9 Å². The lowest BCUT2D eigenvalue weighted by molar-refractivity contribution is -0.138. The molecule has 7 nitrogen and oxygen atoms in total. The smallest absolute Gasteiger partial charge is 0.324 e. The van der Waals surface area contributed by atoms with E-state index >= 15 is 0 Å². The number of nitrogens with zero attached hydrogens (tertiary/aromatic N) is 1. The SMILES string of the molecule is CC(CC(=O)O)CC(=O)NC(=O)N1CCOCC1C. The molecule has 0 radical (unpaired) electrons. The standard InChI is InChI=1S/C12H20N2O5/c1-8(6-11(16)17)5-10(15)13-12(18)14-3-4-19-7-9(14)2/h8-9H,3-7H2,1-2H3,(H,16,17)(H,13,15,18). The van der Waals surface area contributed by atoms with Crippen LogP contribution in [-0.4, -0.2) is 53.7 Å². The number of morpholine rings is 1. The Hall–Kier alpha value is -1.63. The van der Waals surface area contributed by atoms with Crippen molar-refractivity contribution in [1.29, 1.82) is 0 Å². The van der Waals surface area contributed by atoms with Crippen molar-refractivity contribution in [3.05, 3.63) is 0 Å². The minimum Gasteiger partial charge on any atom is -0.481 e. The first-order valence-corrected chi connectivity index (χ1v) is 6.30. The largest absolute Gasteiger partial charge is 0.481 e. The summed E-state index contributed by atoms with van der Waals surface area (Å²) in [6.07, 6.45) is -0.0632. The number of nitrogens with one attached hydrogen (secondary N) is 1. The number of ether oxygens (including phenoxy) is 1. The molecule has 1 aliphatic heterocycles. The lowest BCUT2D eigenvalue weighted by atomic mass is 10.0. The van der Waals surface area contributed by atoms with Gasteiger partial charge in [0.2, 0.25) is 5.91 Å². The Labute approximate surface area is 111 Å². The topological polar surface area (TPSA) is 95.9 Å². The van der Waals surface area contributed by atoms with E-state index in [1.807, 2.05) is 6.92 Å². The van der Waals surface area contributed by atoms with Crippen LogP contribution in [0.5, 0.6) is 0 Å². The highest BCUT2D eigenvalue weighted by molar-refractivity contribution is 5.94. The van der Waals surface area contributed by atoms with Gasteiger partial charge in [-0.15, -0.1) is 0 Å². The predicted octanol–water partition coefficient (Wildman–Crippen LogP) is 0.444. The number of carbonyl (C=O) groups is 3. The molecule has 7 heteroatoms.